The van der Waals surface area contributed by atoms with Crippen LogP contribution in [0.25, 0.3) is 0 Å². The van der Waals surface area contributed by atoms with Gasteiger partial charge in [0.15, 0.2) is 0 Å². The van der Waals surface area contributed by atoms with Crippen molar-refractivity contribution in [2.75, 3.05) is 13.7 Å². The first-order chi connectivity index (χ1) is 7.68. The van der Waals surface area contributed by atoms with E-state index in [1.54, 1.807) is 0 Å². The second-order valence-corrected chi connectivity index (χ2v) is 4.78. The fraction of sp³-hybridized carbons (Fsp3) is 0.923. The first-order valence-corrected chi connectivity index (χ1v) is 6.54. The van der Waals surface area contributed by atoms with Gasteiger partial charge in [-0.1, -0.05) is 19.8 Å². The second-order valence-electron chi connectivity index (χ2n) is 4.78. The van der Waals surface area contributed by atoms with Gasteiger partial charge in [-0.05, 0) is 45.6 Å². The quantitative estimate of drug-likeness (QED) is 0.733. The van der Waals surface area contributed by atoms with Crippen molar-refractivity contribution in [3.63, 3.8) is 0 Å². The summed E-state index contributed by atoms with van der Waals surface area (Å²) in [5.74, 6) is 0.744. The Balaban J connectivity index is 2.54. The van der Waals surface area contributed by atoms with Gasteiger partial charge in [0.2, 0.25) is 0 Å². The number of carbonyl (C=O) groups excluding carboxylic acids is 1. The molecule has 1 fully saturated rings. The van der Waals surface area contributed by atoms with Gasteiger partial charge in [-0.3, -0.25) is 4.79 Å². The van der Waals surface area contributed by atoms with Crippen LogP contribution in [0.15, 0.2) is 0 Å². The molecule has 0 saturated heterocycles. The highest BCUT2D eigenvalue weighted by Gasteiger charge is 2.41. The summed E-state index contributed by atoms with van der Waals surface area (Å²) in [7, 11) is 1.87. The summed E-state index contributed by atoms with van der Waals surface area (Å²) in [6.07, 6.45) is 6.68. The minimum Gasteiger partial charge on any atom is -0.465 e. The van der Waals surface area contributed by atoms with Gasteiger partial charge in [0.1, 0.15) is 5.54 Å². The van der Waals surface area contributed by atoms with Crippen LogP contribution in [0.1, 0.15) is 52.4 Å². The summed E-state index contributed by atoms with van der Waals surface area (Å²) in [6, 6.07) is 0. The van der Waals surface area contributed by atoms with Gasteiger partial charge < -0.3 is 10.1 Å². The number of nitrogens with one attached hydrogen (secondary N) is 1. The number of carbonyl (C=O) groups is 1. The first kappa shape index (κ1) is 13.5. The van der Waals surface area contributed by atoms with Gasteiger partial charge in [0, 0.05) is 0 Å². The van der Waals surface area contributed by atoms with Gasteiger partial charge >= 0.3 is 5.97 Å². The third kappa shape index (κ3) is 2.97. The predicted octanol–water partition coefficient (Wildman–Crippen LogP) is 2.50. The first-order valence-electron chi connectivity index (χ1n) is 6.54. The van der Waals surface area contributed by atoms with Crippen molar-refractivity contribution >= 4 is 5.97 Å². The molecular formula is C13H25NO2. The van der Waals surface area contributed by atoms with Crippen LogP contribution in [-0.2, 0) is 9.53 Å². The van der Waals surface area contributed by atoms with E-state index in [9.17, 15) is 4.79 Å². The molecule has 1 rings (SSSR count). The molecule has 0 heterocycles. The Labute approximate surface area is 98.9 Å². The van der Waals surface area contributed by atoms with Gasteiger partial charge in [-0.15, -0.1) is 0 Å². The maximum Gasteiger partial charge on any atom is 0.326 e. The Hall–Kier alpha value is -0.570. The lowest BCUT2D eigenvalue weighted by Gasteiger charge is -2.37. The van der Waals surface area contributed by atoms with E-state index >= 15 is 0 Å². The van der Waals surface area contributed by atoms with E-state index in [1.165, 1.54) is 12.8 Å². The van der Waals surface area contributed by atoms with Crippen LogP contribution in [0.5, 0.6) is 0 Å². The average Bonchev–Trinajstić information content (AvgIpc) is 2.31. The summed E-state index contributed by atoms with van der Waals surface area (Å²) in [5, 5.41) is 3.19. The molecule has 1 N–H and O–H groups in total. The van der Waals surface area contributed by atoms with E-state index in [2.05, 4.69) is 12.2 Å². The molecular weight excluding hydrogens is 202 g/mol. The molecule has 0 amide bonds. The fourth-order valence-corrected chi connectivity index (χ4v) is 2.69. The number of rotatable bonds is 5. The second kappa shape index (κ2) is 6.24. The molecule has 1 saturated carbocycles. The lowest BCUT2D eigenvalue weighted by atomic mass is 9.75. The van der Waals surface area contributed by atoms with E-state index in [4.69, 9.17) is 4.74 Å². The van der Waals surface area contributed by atoms with Gasteiger partial charge in [0.05, 0.1) is 6.61 Å². The topological polar surface area (TPSA) is 38.3 Å². The average molecular weight is 227 g/mol. The molecule has 3 nitrogen and oxygen atoms in total. The minimum atomic E-state index is -0.403. The number of hydrogen-bond acceptors (Lipinski definition) is 3. The third-order valence-electron chi connectivity index (χ3n) is 3.80. The monoisotopic (exact) mass is 227 g/mol. The van der Waals surface area contributed by atoms with E-state index in [-0.39, 0.29) is 5.97 Å². The van der Waals surface area contributed by atoms with Crippen LogP contribution in [0.3, 0.4) is 0 Å². The van der Waals surface area contributed by atoms with E-state index in [0.717, 1.165) is 31.6 Å². The highest BCUT2D eigenvalue weighted by atomic mass is 16.5. The Kier molecular flexibility index (Phi) is 5.26. The highest BCUT2D eigenvalue weighted by Crippen LogP contribution is 2.35. The van der Waals surface area contributed by atoms with Crippen molar-refractivity contribution in [1.82, 2.24) is 5.32 Å². The van der Waals surface area contributed by atoms with Crippen molar-refractivity contribution < 1.29 is 9.53 Å². The van der Waals surface area contributed by atoms with Crippen LogP contribution in [-0.4, -0.2) is 25.2 Å². The molecule has 1 aliphatic rings. The number of likely N-dealkylation sites (N-methyl/N-ethyl adjacent to an activating group) is 1. The zero-order valence-electron chi connectivity index (χ0n) is 10.8. The van der Waals surface area contributed by atoms with E-state index < -0.39 is 5.54 Å². The number of ether oxygens (including phenoxy) is 1. The summed E-state index contributed by atoms with van der Waals surface area (Å²) in [5.41, 5.74) is -0.403. The zero-order valence-corrected chi connectivity index (χ0v) is 10.8. The van der Waals surface area contributed by atoms with Crippen molar-refractivity contribution in [1.29, 1.82) is 0 Å². The molecule has 1 aliphatic carbocycles. The van der Waals surface area contributed by atoms with Crippen LogP contribution < -0.4 is 5.32 Å². The van der Waals surface area contributed by atoms with Crippen molar-refractivity contribution in [3.8, 4) is 0 Å². The van der Waals surface area contributed by atoms with Crippen LogP contribution in [0, 0.1) is 5.92 Å². The smallest absolute Gasteiger partial charge is 0.326 e. The van der Waals surface area contributed by atoms with Gasteiger partial charge in [-0.25, -0.2) is 0 Å². The molecule has 0 aliphatic heterocycles. The van der Waals surface area contributed by atoms with Gasteiger partial charge in [0.25, 0.3) is 0 Å². The minimum absolute atomic E-state index is 0.0625. The number of hydrogen-bond donors (Lipinski definition) is 1. The van der Waals surface area contributed by atoms with Crippen LogP contribution in [0.4, 0.5) is 0 Å². The summed E-state index contributed by atoms with van der Waals surface area (Å²) in [4.78, 5) is 11.9. The van der Waals surface area contributed by atoms with Gasteiger partial charge in [-0.2, -0.15) is 0 Å². The molecule has 0 spiro atoms. The van der Waals surface area contributed by atoms with Crippen molar-refractivity contribution in [2.45, 2.75) is 57.9 Å². The highest BCUT2D eigenvalue weighted by molar-refractivity contribution is 5.81. The van der Waals surface area contributed by atoms with E-state index in [0.29, 0.717) is 6.61 Å². The van der Waals surface area contributed by atoms with Crippen LogP contribution >= 0.6 is 0 Å². The summed E-state index contributed by atoms with van der Waals surface area (Å²) in [6.45, 7) is 4.57. The summed E-state index contributed by atoms with van der Waals surface area (Å²) >= 11 is 0. The Bertz CT molecular complexity index is 220. The van der Waals surface area contributed by atoms with Crippen molar-refractivity contribution in [2.24, 2.45) is 5.92 Å². The molecule has 0 atom stereocenters. The predicted molar refractivity (Wildman–Crippen MR) is 65.3 cm³/mol. The molecule has 0 radical (unpaired) electrons. The Morgan fingerprint density at radius 3 is 2.44 bits per heavy atom. The molecule has 94 valence electrons. The Morgan fingerprint density at radius 1 is 1.38 bits per heavy atom. The normalized spacial score (nSPS) is 30.1. The molecule has 0 aromatic rings. The van der Waals surface area contributed by atoms with Crippen molar-refractivity contribution in [3.05, 3.63) is 0 Å². The molecule has 0 unspecified atom stereocenters. The lowest BCUT2D eigenvalue weighted by Crippen LogP contribution is -2.53. The standard InChI is InChI=1S/C13H25NO2/c1-4-6-11-7-9-13(14-3,10-8-11)12(15)16-5-2/h11,14H,4-10H2,1-3H3. The largest absolute Gasteiger partial charge is 0.465 e. The third-order valence-corrected chi connectivity index (χ3v) is 3.80. The molecule has 0 bridgehead atoms. The summed E-state index contributed by atoms with van der Waals surface area (Å²) < 4.78 is 5.17. The van der Waals surface area contributed by atoms with Crippen LogP contribution in [0.2, 0.25) is 0 Å². The maximum atomic E-state index is 11.9. The lowest BCUT2D eigenvalue weighted by molar-refractivity contribution is -0.153. The molecule has 0 aromatic heterocycles. The zero-order chi connectivity index (χ0) is 12.0. The molecule has 0 aromatic carbocycles. The maximum absolute atomic E-state index is 11.9. The molecule has 3 heteroatoms. The fourth-order valence-electron chi connectivity index (χ4n) is 2.69. The van der Waals surface area contributed by atoms with E-state index in [1.807, 2.05) is 14.0 Å². The Morgan fingerprint density at radius 2 is 2.00 bits per heavy atom. The SMILES string of the molecule is CCCC1CCC(NC)(C(=O)OCC)CC1. The molecule has 16 heavy (non-hydrogen) atoms. The number of esters is 1.